The number of fused-ring (bicyclic) bond motifs is 5. The maximum absolute atomic E-state index is 13.1. The number of hydrogen-bond acceptors (Lipinski definition) is 6. The molecule has 2 atom stereocenters. The van der Waals surface area contributed by atoms with Crippen molar-refractivity contribution in [3.63, 3.8) is 0 Å². The Kier molecular flexibility index (Phi) is 6.75. The molecule has 9 nitrogen and oxygen atoms in total. The Hall–Kier alpha value is -3.69. The molecule has 0 spiro atoms. The van der Waals surface area contributed by atoms with Crippen LogP contribution in [0.5, 0.6) is 11.5 Å². The van der Waals surface area contributed by atoms with Crippen LogP contribution >= 0.6 is 0 Å². The van der Waals surface area contributed by atoms with Crippen molar-refractivity contribution < 1.29 is 19.1 Å². The molecule has 4 bridgehead atoms. The molecule has 2 aromatic carbocycles. The molecule has 9 heteroatoms. The molecule has 5 rings (SSSR count). The quantitative estimate of drug-likeness (QED) is 0.574. The van der Waals surface area contributed by atoms with Crippen LogP contribution < -0.4 is 10.1 Å². The lowest BCUT2D eigenvalue weighted by atomic mass is 10.1. The fraction of sp³-hybridized carbons (Fsp3) is 0.370. The van der Waals surface area contributed by atoms with Gasteiger partial charge in [-0.05, 0) is 49.2 Å². The predicted octanol–water partition coefficient (Wildman–Crippen LogP) is 2.79. The lowest BCUT2D eigenvalue weighted by Gasteiger charge is -2.23. The van der Waals surface area contributed by atoms with E-state index < -0.39 is 0 Å². The molecule has 2 amide bonds. The average molecular weight is 490 g/mol. The van der Waals surface area contributed by atoms with Crippen molar-refractivity contribution in [1.82, 2.24) is 25.1 Å². The first-order valence-electron chi connectivity index (χ1n) is 12.1. The van der Waals surface area contributed by atoms with Gasteiger partial charge in [-0.1, -0.05) is 18.2 Å². The van der Waals surface area contributed by atoms with E-state index in [2.05, 4.69) is 20.2 Å². The summed E-state index contributed by atoms with van der Waals surface area (Å²) in [7, 11) is 1.63. The molecule has 36 heavy (non-hydrogen) atoms. The molecular weight excluding hydrogens is 458 g/mol. The summed E-state index contributed by atoms with van der Waals surface area (Å²) in [5.41, 5.74) is 4.36. The highest BCUT2D eigenvalue weighted by Gasteiger charge is 2.35. The summed E-state index contributed by atoms with van der Waals surface area (Å²) in [6.45, 7) is 6.22. The summed E-state index contributed by atoms with van der Waals surface area (Å²) in [6.07, 6.45) is 1.49. The third kappa shape index (κ3) is 5.27. The number of carbonyl (C=O) groups is 2. The maximum atomic E-state index is 13.1. The first-order chi connectivity index (χ1) is 17.4. The summed E-state index contributed by atoms with van der Waals surface area (Å²) in [5, 5.41) is 3.11. The molecule has 0 saturated carbocycles. The Morgan fingerprint density at radius 1 is 1.11 bits per heavy atom. The molecule has 3 heterocycles. The Bertz CT molecular complexity index is 1270. The minimum absolute atomic E-state index is 0.0519. The van der Waals surface area contributed by atoms with E-state index in [-0.39, 0.29) is 30.5 Å². The first kappa shape index (κ1) is 24.0. The summed E-state index contributed by atoms with van der Waals surface area (Å²) >= 11 is 0. The summed E-state index contributed by atoms with van der Waals surface area (Å²) in [5.74, 6) is 0.811. The van der Waals surface area contributed by atoms with E-state index in [1.54, 1.807) is 25.5 Å². The Labute approximate surface area is 210 Å². The van der Waals surface area contributed by atoms with Gasteiger partial charge >= 0.3 is 0 Å². The minimum atomic E-state index is -0.245. The van der Waals surface area contributed by atoms with Gasteiger partial charge in [-0.25, -0.2) is 4.98 Å². The number of nitrogens with zero attached hydrogens (tertiary/aromatic N) is 3. The summed E-state index contributed by atoms with van der Waals surface area (Å²) < 4.78 is 12.5. The van der Waals surface area contributed by atoms with E-state index >= 15 is 0 Å². The normalized spacial score (nSPS) is 21.1. The standard InChI is InChI=1S/C27H31N5O4/c1-17-7-8-20-10-24(17)36-21-6-4-5-19(9-21)15-35-25-13-32(11-22-18(2)28-16-29-22)12-23(25)30-26(33)14-31(3)27(20)34/h4-10,16,23,25H,11-15H2,1-3H3,(H,28,29)(H,30,33)/t23-,25-/m0/s1. The Morgan fingerprint density at radius 2 is 1.97 bits per heavy atom. The second kappa shape index (κ2) is 10.1. The zero-order chi connectivity index (χ0) is 25.2. The Morgan fingerprint density at radius 3 is 2.78 bits per heavy atom. The molecule has 1 fully saturated rings. The molecule has 2 aliphatic rings. The number of hydrogen-bond donors (Lipinski definition) is 2. The largest absolute Gasteiger partial charge is 0.457 e. The van der Waals surface area contributed by atoms with Gasteiger partial charge in [0.2, 0.25) is 5.91 Å². The zero-order valence-corrected chi connectivity index (χ0v) is 20.8. The number of ether oxygens (including phenoxy) is 2. The number of amides is 2. The molecule has 0 unspecified atom stereocenters. The average Bonchev–Trinajstić information content (AvgIpc) is 3.43. The van der Waals surface area contributed by atoms with Gasteiger partial charge in [0.05, 0.1) is 37.3 Å². The maximum Gasteiger partial charge on any atom is 0.254 e. The van der Waals surface area contributed by atoms with Crippen LogP contribution in [0.25, 0.3) is 0 Å². The second-order valence-electron chi connectivity index (χ2n) is 9.58. The summed E-state index contributed by atoms with van der Waals surface area (Å²) in [6, 6.07) is 12.9. The number of aromatic nitrogens is 2. The number of rotatable bonds is 2. The SMILES string of the molecule is Cc1ccc2cc1Oc1cccc(c1)CO[C@H]1CN(Cc3nc[nH]c3C)C[C@@H]1NC(=O)CN(C)C2=O. The van der Waals surface area contributed by atoms with E-state index in [0.717, 1.165) is 22.5 Å². The number of aromatic amines is 1. The number of aryl methyl sites for hydroxylation is 2. The van der Waals surface area contributed by atoms with Crippen molar-refractivity contribution >= 4 is 11.8 Å². The van der Waals surface area contributed by atoms with Crippen LogP contribution in [0.2, 0.25) is 0 Å². The molecule has 188 valence electrons. The van der Waals surface area contributed by atoms with Crippen molar-refractivity contribution in [2.24, 2.45) is 0 Å². The van der Waals surface area contributed by atoms with E-state index in [0.29, 0.717) is 43.3 Å². The molecule has 0 radical (unpaired) electrons. The topological polar surface area (TPSA) is 99.8 Å². The van der Waals surface area contributed by atoms with Gasteiger partial charge in [0.1, 0.15) is 11.5 Å². The highest BCUT2D eigenvalue weighted by molar-refractivity contribution is 5.96. The molecule has 0 aliphatic carbocycles. The fourth-order valence-corrected chi connectivity index (χ4v) is 4.68. The third-order valence-electron chi connectivity index (χ3n) is 6.75. The van der Waals surface area contributed by atoms with Crippen LogP contribution in [0.1, 0.15) is 32.9 Å². The smallest absolute Gasteiger partial charge is 0.254 e. The molecule has 1 saturated heterocycles. The number of carbonyl (C=O) groups excluding carboxylic acids is 2. The van der Waals surface area contributed by atoms with E-state index in [1.165, 1.54) is 4.90 Å². The van der Waals surface area contributed by atoms with Gasteiger partial charge in [-0.3, -0.25) is 14.5 Å². The van der Waals surface area contributed by atoms with Crippen LogP contribution in [0.15, 0.2) is 48.8 Å². The number of imidazole rings is 1. The van der Waals surface area contributed by atoms with Crippen molar-refractivity contribution in [3.8, 4) is 11.5 Å². The number of likely N-dealkylation sites (N-methyl/N-ethyl adjacent to an activating group) is 1. The van der Waals surface area contributed by atoms with Crippen molar-refractivity contribution in [2.45, 2.75) is 39.1 Å². The molecule has 2 aliphatic heterocycles. The fourth-order valence-electron chi connectivity index (χ4n) is 4.68. The van der Waals surface area contributed by atoms with E-state index in [9.17, 15) is 9.59 Å². The first-order valence-corrected chi connectivity index (χ1v) is 12.1. The van der Waals surface area contributed by atoms with Crippen molar-refractivity contribution in [3.05, 3.63) is 76.9 Å². The second-order valence-corrected chi connectivity index (χ2v) is 9.58. The minimum Gasteiger partial charge on any atom is -0.457 e. The number of likely N-dealkylation sites (tertiary alicyclic amines) is 1. The monoisotopic (exact) mass is 489 g/mol. The lowest BCUT2D eigenvalue weighted by Crippen LogP contribution is -2.48. The van der Waals surface area contributed by atoms with E-state index in [1.807, 2.05) is 44.2 Å². The van der Waals surface area contributed by atoms with Crippen LogP contribution in [0.3, 0.4) is 0 Å². The van der Waals surface area contributed by atoms with Crippen molar-refractivity contribution in [2.75, 3.05) is 26.7 Å². The summed E-state index contributed by atoms with van der Waals surface area (Å²) in [4.78, 5) is 37.2. The van der Waals surface area contributed by atoms with Crippen LogP contribution in [-0.4, -0.2) is 70.4 Å². The van der Waals surface area contributed by atoms with Crippen LogP contribution in [0.4, 0.5) is 0 Å². The highest BCUT2D eigenvalue weighted by atomic mass is 16.5. The highest BCUT2D eigenvalue weighted by Crippen LogP contribution is 2.28. The van der Waals surface area contributed by atoms with Crippen molar-refractivity contribution in [1.29, 1.82) is 0 Å². The number of nitrogens with one attached hydrogen (secondary N) is 2. The van der Waals surface area contributed by atoms with Gasteiger partial charge in [0.15, 0.2) is 0 Å². The van der Waals surface area contributed by atoms with Crippen LogP contribution in [0, 0.1) is 13.8 Å². The van der Waals surface area contributed by atoms with Gasteiger partial charge in [-0.15, -0.1) is 0 Å². The van der Waals surface area contributed by atoms with Gasteiger partial charge in [0.25, 0.3) is 5.91 Å². The van der Waals surface area contributed by atoms with Crippen LogP contribution in [-0.2, 0) is 22.7 Å². The number of benzene rings is 2. The molecule has 3 aromatic rings. The third-order valence-corrected chi connectivity index (χ3v) is 6.75. The Balaban J connectivity index is 1.41. The number of H-pyrrole nitrogens is 1. The lowest BCUT2D eigenvalue weighted by molar-refractivity contribution is -0.123. The van der Waals surface area contributed by atoms with Gasteiger partial charge < -0.3 is 24.7 Å². The molecular formula is C27H31N5O4. The molecule has 2 N–H and O–H groups in total. The van der Waals surface area contributed by atoms with Gasteiger partial charge in [-0.2, -0.15) is 0 Å². The zero-order valence-electron chi connectivity index (χ0n) is 20.8. The van der Waals surface area contributed by atoms with E-state index in [4.69, 9.17) is 9.47 Å². The molecule has 1 aromatic heterocycles. The van der Waals surface area contributed by atoms with Gasteiger partial charge in [0, 0.05) is 37.9 Å². The predicted molar refractivity (Wildman–Crippen MR) is 134 cm³/mol.